The van der Waals surface area contributed by atoms with Crippen molar-refractivity contribution in [3.05, 3.63) is 0 Å². The van der Waals surface area contributed by atoms with Crippen LogP contribution in [0.3, 0.4) is 0 Å². The van der Waals surface area contributed by atoms with Gasteiger partial charge in [0.05, 0.1) is 0 Å². The van der Waals surface area contributed by atoms with Crippen LogP contribution in [-0.2, 0) is 0 Å². The lowest BCUT2D eigenvalue weighted by molar-refractivity contribution is 0.0613. The number of hydrogen-bond donors (Lipinski definition) is 1. The highest BCUT2D eigenvalue weighted by Crippen LogP contribution is 2.37. The van der Waals surface area contributed by atoms with Crippen LogP contribution in [0.15, 0.2) is 0 Å². The van der Waals surface area contributed by atoms with E-state index in [1.54, 1.807) is 0 Å². The number of nitrogens with one attached hydrogen (secondary N) is 1. The van der Waals surface area contributed by atoms with E-state index in [1.165, 1.54) is 38.8 Å². The second-order valence-corrected chi connectivity index (χ2v) is 6.97. The Labute approximate surface area is 115 Å². The molecule has 1 saturated carbocycles. The Morgan fingerprint density at radius 1 is 1.33 bits per heavy atom. The summed E-state index contributed by atoms with van der Waals surface area (Å²) in [6.07, 6.45) is 5.31. The fourth-order valence-electron chi connectivity index (χ4n) is 3.30. The molecule has 3 atom stereocenters. The highest BCUT2D eigenvalue weighted by Gasteiger charge is 2.36. The van der Waals surface area contributed by atoms with Gasteiger partial charge in [-0.25, -0.2) is 0 Å². The molecule has 0 amide bonds. The second-order valence-electron chi connectivity index (χ2n) is 6.97. The summed E-state index contributed by atoms with van der Waals surface area (Å²) in [6, 6.07) is 1.40. The Balaban J connectivity index is 2.72. The van der Waals surface area contributed by atoms with Crippen molar-refractivity contribution in [3.8, 4) is 0 Å². The van der Waals surface area contributed by atoms with Gasteiger partial charge in [0.2, 0.25) is 0 Å². The molecule has 0 radical (unpaired) electrons. The van der Waals surface area contributed by atoms with E-state index in [4.69, 9.17) is 0 Å². The van der Waals surface area contributed by atoms with E-state index >= 15 is 0 Å². The topological polar surface area (TPSA) is 15.3 Å². The van der Waals surface area contributed by atoms with Crippen LogP contribution in [0.5, 0.6) is 0 Å². The van der Waals surface area contributed by atoms with E-state index in [0.717, 1.165) is 12.0 Å². The monoisotopic (exact) mass is 254 g/mol. The molecular weight excluding hydrogens is 220 g/mol. The third-order valence-corrected chi connectivity index (χ3v) is 4.85. The number of hydrogen-bond acceptors (Lipinski definition) is 2. The molecule has 1 fully saturated rings. The summed E-state index contributed by atoms with van der Waals surface area (Å²) >= 11 is 0. The molecule has 108 valence electrons. The first-order chi connectivity index (χ1) is 8.43. The standard InChI is InChI=1S/C16H34N2/c1-7-13(3)12-18(8-2)15-11-16(4,5)10-9-14(15)17-6/h13-15,17H,7-12H2,1-6H3. The van der Waals surface area contributed by atoms with Crippen molar-refractivity contribution in [1.82, 2.24) is 10.2 Å². The van der Waals surface area contributed by atoms with Gasteiger partial charge in [0.25, 0.3) is 0 Å². The number of rotatable bonds is 6. The van der Waals surface area contributed by atoms with Gasteiger partial charge in [-0.1, -0.05) is 41.0 Å². The van der Waals surface area contributed by atoms with E-state index in [0.29, 0.717) is 11.5 Å². The highest BCUT2D eigenvalue weighted by atomic mass is 15.2. The van der Waals surface area contributed by atoms with Gasteiger partial charge in [-0.2, -0.15) is 0 Å². The van der Waals surface area contributed by atoms with Crippen LogP contribution in [0.25, 0.3) is 0 Å². The Morgan fingerprint density at radius 3 is 2.50 bits per heavy atom. The predicted octanol–water partition coefficient (Wildman–Crippen LogP) is 3.52. The van der Waals surface area contributed by atoms with Crippen LogP contribution in [0.1, 0.15) is 60.3 Å². The van der Waals surface area contributed by atoms with Crippen LogP contribution in [0.4, 0.5) is 0 Å². The first-order valence-electron chi connectivity index (χ1n) is 7.84. The molecule has 18 heavy (non-hydrogen) atoms. The van der Waals surface area contributed by atoms with Crippen molar-refractivity contribution in [2.24, 2.45) is 11.3 Å². The van der Waals surface area contributed by atoms with Crippen LogP contribution in [0, 0.1) is 11.3 Å². The summed E-state index contributed by atoms with van der Waals surface area (Å²) in [7, 11) is 2.13. The maximum absolute atomic E-state index is 3.56. The Kier molecular flexibility index (Phi) is 6.13. The van der Waals surface area contributed by atoms with Crippen LogP contribution in [-0.4, -0.2) is 37.1 Å². The molecule has 0 aromatic rings. The Hall–Kier alpha value is -0.0800. The number of likely N-dealkylation sites (N-methyl/N-ethyl adjacent to an activating group) is 2. The molecule has 0 aromatic carbocycles. The average Bonchev–Trinajstić information content (AvgIpc) is 2.34. The first-order valence-corrected chi connectivity index (χ1v) is 7.84. The fraction of sp³-hybridized carbons (Fsp3) is 1.00. The van der Waals surface area contributed by atoms with Gasteiger partial charge in [0.1, 0.15) is 0 Å². The zero-order valence-electron chi connectivity index (χ0n) is 13.4. The predicted molar refractivity (Wildman–Crippen MR) is 81.0 cm³/mol. The van der Waals surface area contributed by atoms with E-state index in [1.807, 2.05) is 0 Å². The van der Waals surface area contributed by atoms with Crippen molar-refractivity contribution in [2.75, 3.05) is 20.1 Å². The van der Waals surface area contributed by atoms with Crippen LogP contribution in [0.2, 0.25) is 0 Å². The lowest BCUT2D eigenvalue weighted by Gasteiger charge is -2.46. The maximum atomic E-state index is 3.56. The van der Waals surface area contributed by atoms with Crippen LogP contribution >= 0.6 is 0 Å². The van der Waals surface area contributed by atoms with Gasteiger partial charge < -0.3 is 5.32 Å². The Morgan fingerprint density at radius 2 is 2.00 bits per heavy atom. The molecular formula is C16H34N2. The van der Waals surface area contributed by atoms with Crippen molar-refractivity contribution in [3.63, 3.8) is 0 Å². The molecule has 0 aromatic heterocycles. The zero-order valence-corrected chi connectivity index (χ0v) is 13.4. The summed E-state index contributed by atoms with van der Waals surface area (Å²) in [5.41, 5.74) is 0.515. The summed E-state index contributed by atoms with van der Waals surface area (Å²) in [5.74, 6) is 0.812. The Bertz CT molecular complexity index is 237. The third-order valence-electron chi connectivity index (χ3n) is 4.85. The van der Waals surface area contributed by atoms with E-state index < -0.39 is 0 Å². The summed E-state index contributed by atoms with van der Waals surface area (Å²) in [5, 5.41) is 3.56. The molecule has 0 spiro atoms. The minimum absolute atomic E-state index is 0.515. The SMILES string of the molecule is CCC(C)CN(CC)C1CC(C)(C)CCC1NC. The molecule has 3 unspecified atom stereocenters. The van der Waals surface area contributed by atoms with Gasteiger partial charge in [-0.15, -0.1) is 0 Å². The first kappa shape index (κ1) is 16.0. The van der Waals surface area contributed by atoms with Crippen molar-refractivity contribution >= 4 is 0 Å². The van der Waals surface area contributed by atoms with Crippen LogP contribution < -0.4 is 5.32 Å². The van der Waals surface area contributed by atoms with Gasteiger partial charge in [-0.3, -0.25) is 4.90 Å². The van der Waals surface area contributed by atoms with Crippen molar-refractivity contribution in [2.45, 2.75) is 72.4 Å². The minimum atomic E-state index is 0.515. The normalized spacial score (nSPS) is 29.5. The van der Waals surface area contributed by atoms with E-state index in [9.17, 15) is 0 Å². The molecule has 1 rings (SSSR count). The molecule has 1 aliphatic carbocycles. The third kappa shape index (κ3) is 4.24. The molecule has 0 saturated heterocycles. The summed E-state index contributed by atoms with van der Waals surface area (Å²) < 4.78 is 0. The van der Waals surface area contributed by atoms with E-state index in [-0.39, 0.29) is 0 Å². The second kappa shape index (κ2) is 6.91. The molecule has 0 bridgehead atoms. The molecule has 0 heterocycles. The van der Waals surface area contributed by atoms with Gasteiger partial charge in [0, 0.05) is 18.6 Å². The largest absolute Gasteiger partial charge is 0.315 e. The smallest absolute Gasteiger partial charge is 0.0254 e. The molecule has 0 aliphatic heterocycles. The van der Waals surface area contributed by atoms with Gasteiger partial charge in [-0.05, 0) is 44.2 Å². The lowest BCUT2D eigenvalue weighted by Crippen LogP contribution is -2.54. The van der Waals surface area contributed by atoms with Crippen molar-refractivity contribution < 1.29 is 0 Å². The molecule has 1 aliphatic rings. The zero-order chi connectivity index (χ0) is 13.8. The minimum Gasteiger partial charge on any atom is -0.315 e. The molecule has 2 heteroatoms. The number of nitrogens with zero attached hydrogens (tertiary/aromatic N) is 1. The lowest BCUT2D eigenvalue weighted by atomic mass is 9.72. The summed E-state index contributed by atoms with van der Waals surface area (Å²) in [6.45, 7) is 14.3. The average molecular weight is 254 g/mol. The molecule has 1 N–H and O–H groups in total. The molecule has 2 nitrogen and oxygen atoms in total. The summed E-state index contributed by atoms with van der Waals surface area (Å²) in [4.78, 5) is 2.72. The highest BCUT2D eigenvalue weighted by molar-refractivity contribution is 4.94. The van der Waals surface area contributed by atoms with Crippen molar-refractivity contribution in [1.29, 1.82) is 0 Å². The van der Waals surface area contributed by atoms with Gasteiger partial charge in [0.15, 0.2) is 0 Å². The quantitative estimate of drug-likeness (QED) is 0.780. The maximum Gasteiger partial charge on any atom is 0.0254 e. The van der Waals surface area contributed by atoms with E-state index in [2.05, 4.69) is 51.9 Å². The fourth-order valence-corrected chi connectivity index (χ4v) is 3.30. The van der Waals surface area contributed by atoms with Gasteiger partial charge >= 0.3 is 0 Å².